The third kappa shape index (κ3) is 2.63. The first-order chi connectivity index (χ1) is 10.7. The quantitative estimate of drug-likeness (QED) is 0.789. The molecule has 0 aliphatic carbocycles. The van der Waals surface area contributed by atoms with E-state index >= 15 is 0 Å². The van der Waals surface area contributed by atoms with E-state index in [1.54, 1.807) is 13.4 Å². The number of amides is 1. The summed E-state index contributed by atoms with van der Waals surface area (Å²) in [5, 5.41) is 8.12. The maximum atomic E-state index is 13.1. The molecule has 22 heavy (non-hydrogen) atoms. The largest absolute Gasteiger partial charge is 0.383 e. The van der Waals surface area contributed by atoms with Gasteiger partial charge in [-0.2, -0.15) is 0 Å². The number of likely N-dealkylation sites (tertiary alicyclic amines) is 2. The average Bonchev–Trinajstić information content (AvgIpc) is 3.10. The number of aryl methyl sites for hydroxylation is 1. The van der Waals surface area contributed by atoms with E-state index in [9.17, 15) is 4.79 Å². The van der Waals surface area contributed by atoms with Gasteiger partial charge in [0.05, 0.1) is 13.2 Å². The van der Waals surface area contributed by atoms with Crippen molar-refractivity contribution in [2.75, 3.05) is 33.4 Å². The van der Waals surface area contributed by atoms with Crippen LogP contribution in [0.4, 0.5) is 0 Å². The van der Waals surface area contributed by atoms with Crippen molar-refractivity contribution in [1.82, 2.24) is 24.6 Å². The van der Waals surface area contributed by atoms with E-state index < -0.39 is 0 Å². The number of ether oxygens (including phenoxy) is 1. The topological polar surface area (TPSA) is 63.5 Å². The van der Waals surface area contributed by atoms with Gasteiger partial charge in [-0.25, -0.2) is 0 Å². The second-order valence-electron chi connectivity index (χ2n) is 6.30. The van der Waals surface area contributed by atoms with E-state index in [-0.39, 0.29) is 11.4 Å². The SMILES string of the molecule is COCCN1CCCC2(CCCN2Cc2nncn2C)C1=O. The Hall–Kier alpha value is -1.47. The van der Waals surface area contributed by atoms with E-state index in [2.05, 4.69) is 15.1 Å². The van der Waals surface area contributed by atoms with Gasteiger partial charge in [0, 0.05) is 27.2 Å². The molecule has 0 radical (unpaired) electrons. The standard InChI is InChI=1S/C15H25N5O2/c1-18-12-16-17-13(18)11-20-8-4-6-15(20)5-3-7-19(14(15)21)9-10-22-2/h12H,3-11H2,1-2H3. The van der Waals surface area contributed by atoms with Crippen LogP contribution in [0.3, 0.4) is 0 Å². The Kier molecular flexibility index (Phi) is 4.44. The van der Waals surface area contributed by atoms with E-state index in [1.807, 2.05) is 16.5 Å². The van der Waals surface area contributed by atoms with Crippen LogP contribution in [0.2, 0.25) is 0 Å². The van der Waals surface area contributed by atoms with Crippen LogP contribution >= 0.6 is 0 Å². The second-order valence-corrected chi connectivity index (χ2v) is 6.30. The lowest BCUT2D eigenvalue weighted by molar-refractivity contribution is -0.148. The molecule has 0 saturated carbocycles. The van der Waals surface area contributed by atoms with E-state index in [0.717, 1.165) is 44.6 Å². The maximum Gasteiger partial charge on any atom is 0.243 e. The summed E-state index contributed by atoms with van der Waals surface area (Å²) in [6.45, 7) is 3.79. The molecule has 2 fully saturated rings. The van der Waals surface area contributed by atoms with Gasteiger partial charge in [-0.1, -0.05) is 0 Å². The van der Waals surface area contributed by atoms with Crippen LogP contribution < -0.4 is 0 Å². The summed E-state index contributed by atoms with van der Waals surface area (Å²) >= 11 is 0. The van der Waals surface area contributed by atoms with Crippen molar-refractivity contribution in [3.05, 3.63) is 12.2 Å². The first-order valence-electron chi connectivity index (χ1n) is 8.03. The van der Waals surface area contributed by atoms with Crippen molar-refractivity contribution in [3.8, 4) is 0 Å². The van der Waals surface area contributed by atoms with Crippen LogP contribution in [0.25, 0.3) is 0 Å². The molecule has 3 heterocycles. The normalized spacial score (nSPS) is 26.3. The van der Waals surface area contributed by atoms with Crippen LogP contribution in [-0.4, -0.2) is 69.4 Å². The number of rotatable bonds is 5. The highest BCUT2D eigenvalue weighted by Gasteiger charge is 2.50. The monoisotopic (exact) mass is 307 g/mol. The van der Waals surface area contributed by atoms with Crippen LogP contribution in [0.5, 0.6) is 0 Å². The highest BCUT2D eigenvalue weighted by atomic mass is 16.5. The molecule has 1 amide bonds. The van der Waals surface area contributed by atoms with Gasteiger partial charge in [-0.15, -0.1) is 10.2 Å². The first kappa shape index (κ1) is 15.4. The Morgan fingerprint density at radius 2 is 2.09 bits per heavy atom. The average molecular weight is 307 g/mol. The fourth-order valence-corrected chi connectivity index (χ4v) is 3.79. The van der Waals surface area contributed by atoms with E-state index in [1.165, 1.54) is 0 Å². The summed E-state index contributed by atoms with van der Waals surface area (Å²) in [7, 11) is 3.63. The van der Waals surface area contributed by atoms with Crippen molar-refractivity contribution < 1.29 is 9.53 Å². The minimum Gasteiger partial charge on any atom is -0.383 e. The van der Waals surface area contributed by atoms with Gasteiger partial charge < -0.3 is 14.2 Å². The lowest BCUT2D eigenvalue weighted by Gasteiger charge is -2.44. The minimum atomic E-state index is -0.335. The summed E-state index contributed by atoms with van der Waals surface area (Å²) in [4.78, 5) is 17.4. The zero-order valence-corrected chi connectivity index (χ0v) is 13.5. The predicted octanol–water partition coefficient (Wildman–Crippen LogP) is 0.419. The molecule has 2 aliphatic rings. The van der Waals surface area contributed by atoms with Gasteiger partial charge in [-0.3, -0.25) is 9.69 Å². The van der Waals surface area contributed by atoms with Crippen LogP contribution in [0, 0.1) is 0 Å². The molecule has 7 heteroatoms. The number of carbonyl (C=O) groups excluding carboxylic acids is 1. The molecule has 1 aromatic heterocycles. The minimum absolute atomic E-state index is 0.274. The first-order valence-corrected chi connectivity index (χ1v) is 8.03. The fourth-order valence-electron chi connectivity index (χ4n) is 3.79. The zero-order valence-electron chi connectivity index (χ0n) is 13.5. The number of carbonyl (C=O) groups is 1. The van der Waals surface area contributed by atoms with Crippen molar-refractivity contribution in [2.45, 2.75) is 37.8 Å². The van der Waals surface area contributed by atoms with Crippen LogP contribution in [0.15, 0.2) is 6.33 Å². The smallest absolute Gasteiger partial charge is 0.243 e. The molecule has 1 spiro atoms. The van der Waals surface area contributed by atoms with Gasteiger partial charge in [0.25, 0.3) is 0 Å². The summed E-state index contributed by atoms with van der Waals surface area (Å²) in [6.07, 6.45) is 5.75. The molecule has 7 nitrogen and oxygen atoms in total. The molecule has 0 N–H and O–H groups in total. The molecule has 122 valence electrons. The Bertz CT molecular complexity index is 532. The van der Waals surface area contributed by atoms with Crippen molar-refractivity contribution in [3.63, 3.8) is 0 Å². The van der Waals surface area contributed by atoms with Gasteiger partial charge in [-0.05, 0) is 32.2 Å². The lowest BCUT2D eigenvalue weighted by Crippen LogP contribution is -2.60. The highest BCUT2D eigenvalue weighted by Crippen LogP contribution is 2.38. The van der Waals surface area contributed by atoms with Crippen LogP contribution in [0.1, 0.15) is 31.5 Å². The number of hydrogen-bond donors (Lipinski definition) is 0. The van der Waals surface area contributed by atoms with Crippen LogP contribution in [-0.2, 0) is 23.1 Å². The number of aromatic nitrogens is 3. The zero-order chi connectivity index (χ0) is 15.6. The third-order valence-electron chi connectivity index (χ3n) is 5.03. The summed E-state index contributed by atoms with van der Waals surface area (Å²) < 4.78 is 7.08. The number of hydrogen-bond acceptors (Lipinski definition) is 5. The van der Waals surface area contributed by atoms with E-state index in [4.69, 9.17) is 4.74 Å². The molecular formula is C15H25N5O2. The van der Waals surface area contributed by atoms with Crippen molar-refractivity contribution in [1.29, 1.82) is 0 Å². The molecule has 2 saturated heterocycles. The number of nitrogens with zero attached hydrogens (tertiary/aromatic N) is 5. The fraction of sp³-hybridized carbons (Fsp3) is 0.800. The van der Waals surface area contributed by atoms with Gasteiger partial charge in [0.15, 0.2) is 0 Å². The number of piperidine rings is 1. The summed E-state index contributed by atoms with van der Waals surface area (Å²) in [6, 6.07) is 0. The second kappa shape index (κ2) is 6.34. The Morgan fingerprint density at radius 1 is 1.32 bits per heavy atom. The maximum absolute atomic E-state index is 13.1. The number of methoxy groups -OCH3 is 1. The van der Waals surface area contributed by atoms with Gasteiger partial charge >= 0.3 is 0 Å². The molecule has 0 aromatic carbocycles. The summed E-state index contributed by atoms with van der Waals surface area (Å²) in [5.41, 5.74) is -0.335. The molecule has 1 unspecified atom stereocenters. The summed E-state index contributed by atoms with van der Waals surface area (Å²) in [5.74, 6) is 1.19. The van der Waals surface area contributed by atoms with Gasteiger partial charge in [0.2, 0.25) is 5.91 Å². The molecule has 1 aromatic rings. The Balaban J connectivity index is 1.77. The lowest BCUT2D eigenvalue weighted by atomic mass is 9.85. The predicted molar refractivity (Wildman–Crippen MR) is 81.1 cm³/mol. The Labute approximate surface area is 131 Å². The van der Waals surface area contributed by atoms with Gasteiger partial charge in [0.1, 0.15) is 17.7 Å². The van der Waals surface area contributed by atoms with E-state index in [0.29, 0.717) is 19.7 Å². The Morgan fingerprint density at radius 3 is 2.77 bits per heavy atom. The van der Waals surface area contributed by atoms with Crippen molar-refractivity contribution >= 4 is 5.91 Å². The molecule has 0 bridgehead atoms. The highest BCUT2D eigenvalue weighted by molar-refractivity contribution is 5.87. The molecule has 3 rings (SSSR count). The molecule has 2 aliphatic heterocycles. The molecule has 1 atom stereocenters. The van der Waals surface area contributed by atoms with Crippen molar-refractivity contribution in [2.24, 2.45) is 7.05 Å². The third-order valence-corrected chi connectivity index (χ3v) is 5.03. The molecular weight excluding hydrogens is 282 g/mol.